The number of hydrogen-bond acceptors (Lipinski definition) is 6. The van der Waals surface area contributed by atoms with E-state index in [-0.39, 0.29) is 6.54 Å². The fourth-order valence-corrected chi connectivity index (χ4v) is 3.41. The van der Waals surface area contributed by atoms with Crippen LogP contribution in [0.4, 0.5) is 11.4 Å². The largest absolute Gasteiger partial charge is 0.324 e. The van der Waals surface area contributed by atoms with Crippen LogP contribution in [0.1, 0.15) is 5.56 Å². The summed E-state index contributed by atoms with van der Waals surface area (Å²) in [4.78, 5) is 39.0. The van der Waals surface area contributed by atoms with E-state index in [1.54, 1.807) is 36.4 Å². The molecule has 0 unspecified atom stereocenters. The van der Waals surface area contributed by atoms with E-state index in [0.717, 1.165) is 10.5 Å². The van der Waals surface area contributed by atoms with Crippen molar-refractivity contribution < 1.29 is 14.4 Å². The molecular weight excluding hydrogens is 382 g/mol. The minimum Gasteiger partial charge on any atom is -0.324 e. The smallest absolute Gasteiger partial charge is 0.263 e. The Hall–Kier alpha value is -3.26. The number of hydrogen-bond donors (Lipinski definition) is 1. The maximum atomic E-state index is 12.9. The number of nitrogens with zero attached hydrogens (tertiary/aromatic N) is 4. The molecule has 2 heterocycles. The third kappa shape index (κ3) is 3.22. The highest BCUT2D eigenvalue weighted by atomic mass is 35.5. The van der Waals surface area contributed by atoms with E-state index in [2.05, 4.69) is 15.7 Å². The van der Waals surface area contributed by atoms with E-state index in [1.165, 1.54) is 5.01 Å². The summed E-state index contributed by atoms with van der Waals surface area (Å²) >= 11 is 5.91. The van der Waals surface area contributed by atoms with Crippen LogP contribution >= 0.6 is 11.6 Å². The maximum absolute atomic E-state index is 12.9. The summed E-state index contributed by atoms with van der Waals surface area (Å²) in [6.07, 6.45) is 0. The quantitative estimate of drug-likeness (QED) is 0.802. The Balaban J connectivity index is 1.48. The highest BCUT2D eigenvalue weighted by Crippen LogP contribution is 2.31. The first-order chi connectivity index (χ1) is 13.4. The first-order valence-electron chi connectivity index (χ1n) is 8.61. The van der Waals surface area contributed by atoms with E-state index in [4.69, 9.17) is 11.6 Å². The van der Waals surface area contributed by atoms with Crippen LogP contribution in [0.25, 0.3) is 0 Å². The van der Waals surface area contributed by atoms with Crippen molar-refractivity contribution >= 4 is 40.7 Å². The van der Waals surface area contributed by atoms with E-state index in [1.807, 2.05) is 19.1 Å². The molecule has 4 rings (SSSR count). The Labute approximate surface area is 165 Å². The molecule has 1 fully saturated rings. The van der Waals surface area contributed by atoms with Crippen molar-refractivity contribution in [1.29, 1.82) is 0 Å². The molecule has 142 valence electrons. The van der Waals surface area contributed by atoms with Crippen molar-refractivity contribution in [3.05, 3.63) is 59.1 Å². The van der Waals surface area contributed by atoms with Gasteiger partial charge in [-0.25, -0.2) is 4.90 Å². The number of carbonyl (C=O) groups is 3. The van der Waals surface area contributed by atoms with Gasteiger partial charge in [0.2, 0.25) is 5.91 Å². The first-order valence-corrected chi connectivity index (χ1v) is 8.99. The van der Waals surface area contributed by atoms with E-state index >= 15 is 0 Å². The normalized spacial score (nSPS) is 20.6. The second-order valence-electron chi connectivity index (χ2n) is 6.60. The topological polar surface area (TPSA) is 94.4 Å². The standard InChI is InChI=1S/C19H16ClN5O3/c1-11-5-7-14(8-6-11)25-18(27)16-17(19(25)28)24(23-22-16)10-15(26)21-13-4-2-3-12(20)9-13/h2-9,16-17H,10H2,1H3,(H,21,26)/t16-,17-/m1/s1. The summed E-state index contributed by atoms with van der Waals surface area (Å²) < 4.78 is 0. The zero-order valence-corrected chi connectivity index (χ0v) is 15.6. The lowest BCUT2D eigenvalue weighted by molar-refractivity contribution is -0.123. The molecule has 0 bridgehead atoms. The number of amides is 3. The van der Waals surface area contributed by atoms with Crippen LogP contribution in [0.2, 0.25) is 5.02 Å². The third-order valence-electron chi connectivity index (χ3n) is 4.56. The molecule has 28 heavy (non-hydrogen) atoms. The Kier molecular flexibility index (Phi) is 4.56. The number of anilines is 2. The molecule has 2 aliphatic heterocycles. The van der Waals surface area contributed by atoms with Gasteiger partial charge in [-0.15, -0.1) is 0 Å². The Bertz CT molecular complexity index is 991. The molecule has 2 aliphatic rings. The number of halogens is 1. The fraction of sp³-hybridized carbons (Fsp3) is 0.211. The van der Waals surface area contributed by atoms with Crippen molar-refractivity contribution in [2.75, 3.05) is 16.8 Å². The molecular formula is C19H16ClN5O3. The molecule has 8 nitrogen and oxygen atoms in total. The minimum absolute atomic E-state index is 0.210. The third-order valence-corrected chi connectivity index (χ3v) is 4.80. The molecule has 0 radical (unpaired) electrons. The molecule has 0 aromatic heterocycles. The lowest BCUT2D eigenvalue weighted by atomic mass is 10.1. The Morgan fingerprint density at radius 2 is 1.89 bits per heavy atom. The van der Waals surface area contributed by atoms with Crippen LogP contribution in [0.5, 0.6) is 0 Å². The summed E-state index contributed by atoms with van der Waals surface area (Å²) in [6.45, 7) is 1.71. The van der Waals surface area contributed by atoms with Gasteiger partial charge in [0.15, 0.2) is 12.1 Å². The van der Waals surface area contributed by atoms with Crippen LogP contribution in [0, 0.1) is 6.92 Å². The molecule has 1 N–H and O–H groups in total. The molecule has 0 saturated carbocycles. The molecule has 2 atom stereocenters. The van der Waals surface area contributed by atoms with Gasteiger partial charge in [0.05, 0.1) is 5.69 Å². The van der Waals surface area contributed by atoms with E-state index in [9.17, 15) is 14.4 Å². The average molecular weight is 398 g/mol. The lowest BCUT2D eigenvalue weighted by Crippen LogP contribution is -2.43. The van der Waals surface area contributed by atoms with Gasteiger partial charge >= 0.3 is 0 Å². The first kappa shape index (κ1) is 18.1. The van der Waals surface area contributed by atoms with Gasteiger partial charge in [-0.3, -0.25) is 19.4 Å². The van der Waals surface area contributed by atoms with E-state index < -0.39 is 29.8 Å². The van der Waals surface area contributed by atoms with Gasteiger partial charge in [0, 0.05) is 10.7 Å². The van der Waals surface area contributed by atoms with Crippen molar-refractivity contribution in [3.8, 4) is 0 Å². The Morgan fingerprint density at radius 3 is 2.61 bits per heavy atom. The summed E-state index contributed by atoms with van der Waals surface area (Å²) in [5, 5.41) is 12.2. The van der Waals surface area contributed by atoms with Crippen LogP contribution in [-0.4, -0.2) is 41.4 Å². The number of fused-ring (bicyclic) bond motifs is 1. The predicted octanol–water partition coefficient (Wildman–Crippen LogP) is 2.58. The summed E-state index contributed by atoms with van der Waals surface area (Å²) in [5.41, 5.74) is 2.02. The van der Waals surface area contributed by atoms with Crippen molar-refractivity contribution in [2.45, 2.75) is 19.0 Å². The minimum atomic E-state index is -0.937. The number of nitrogens with one attached hydrogen (secondary N) is 1. The van der Waals surface area contributed by atoms with Crippen LogP contribution < -0.4 is 10.2 Å². The maximum Gasteiger partial charge on any atom is 0.263 e. The number of rotatable bonds is 4. The van der Waals surface area contributed by atoms with Crippen LogP contribution in [0.3, 0.4) is 0 Å². The summed E-state index contributed by atoms with van der Waals surface area (Å²) in [6, 6.07) is 11.9. The average Bonchev–Trinajstić information content (AvgIpc) is 3.16. The number of carbonyl (C=O) groups excluding carboxylic acids is 3. The zero-order valence-electron chi connectivity index (χ0n) is 14.9. The summed E-state index contributed by atoms with van der Waals surface area (Å²) in [5.74, 6) is -1.28. The number of aryl methyl sites for hydroxylation is 1. The van der Waals surface area contributed by atoms with Crippen LogP contribution in [0.15, 0.2) is 58.9 Å². The van der Waals surface area contributed by atoms with Gasteiger partial charge < -0.3 is 5.32 Å². The van der Waals surface area contributed by atoms with Crippen molar-refractivity contribution in [2.24, 2.45) is 10.3 Å². The van der Waals surface area contributed by atoms with Gasteiger partial charge in [-0.05, 0) is 37.3 Å². The van der Waals surface area contributed by atoms with Crippen molar-refractivity contribution in [3.63, 3.8) is 0 Å². The van der Waals surface area contributed by atoms with Gasteiger partial charge in [-0.2, -0.15) is 5.11 Å². The number of imide groups is 1. The molecule has 0 aliphatic carbocycles. The van der Waals surface area contributed by atoms with Crippen LogP contribution in [-0.2, 0) is 14.4 Å². The highest BCUT2D eigenvalue weighted by Gasteiger charge is 2.55. The summed E-state index contributed by atoms with van der Waals surface area (Å²) in [7, 11) is 0. The SMILES string of the molecule is Cc1ccc(N2C(=O)[C@@H]3N=NN(CC(=O)Nc4cccc(Cl)c4)[C@H]3C2=O)cc1. The number of benzene rings is 2. The van der Waals surface area contributed by atoms with Gasteiger partial charge in [0.25, 0.3) is 11.8 Å². The van der Waals surface area contributed by atoms with Gasteiger partial charge in [0.1, 0.15) is 6.54 Å². The van der Waals surface area contributed by atoms with Gasteiger partial charge in [-0.1, -0.05) is 40.6 Å². The monoisotopic (exact) mass is 397 g/mol. The molecule has 3 amide bonds. The second kappa shape index (κ2) is 7.05. The molecule has 2 aromatic rings. The van der Waals surface area contributed by atoms with E-state index in [0.29, 0.717) is 16.4 Å². The molecule has 1 saturated heterocycles. The molecule has 0 spiro atoms. The second-order valence-corrected chi connectivity index (χ2v) is 7.03. The zero-order chi connectivity index (χ0) is 19.8. The lowest BCUT2D eigenvalue weighted by Gasteiger charge is -2.20. The molecule has 2 aromatic carbocycles. The predicted molar refractivity (Wildman–Crippen MR) is 103 cm³/mol. The Morgan fingerprint density at radius 1 is 1.14 bits per heavy atom. The fourth-order valence-electron chi connectivity index (χ4n) is 3.22. The molecule has 9 heteroatoms. The highest BCUT2D eigenvalue weighted by molar-refractivity contribution is 6.31. The van der Waals surface area contributed by atoms with Crippen molar-refractivity contribution in [1.82, 2.24) is 5.01 Å².